The van der Waals surface area contributed by atoms with Crippen molar-refractivity contribution in [1.82, 2.24) is 0 Å². The molecule has 2 nitrogen and oxygen atoms in total. The predicted octanol–water partition coefficient (Wildman–Crippen LogP) is 4.74. The molecule has 0 bridgehead atoms. The summed E-state index contributed by atoms with van der Waals surface area (Å²) in [4.78, 5) is 12.4. The zero-order valence-electron chi connectivity index (χ0n) is 11.1. The van der Waals surface area contributed by atoms with Gasteiger partial charge in [0, 0.05) is 10.6 Å². The number of anilines is 1. The van der Waals surface area contributed by atoms with Crippen molar-refractivity contribution in [3.8, 4) is 0 Å². The SMILES string of the molecule is CC(Sc1ccccc1F)C(=O)Nc1ccc(F)c(Cl)c1. The van der Waals surface area contributed by atoms with E-state index < -0.39 is 11.1 Å². The molecule has 0 heterocycles. The molecule has 6 heteroatoms. The van der Waals surface area contributed by atoms with Gasteiger partial charge < -0.3 is 5.32 Å². The highest BCUT2D eigenvalue weighted by Crippen LogP contribution is 2.27. The number of rotatable bonds is 4. The fraction of sp³-hybridized carbons (Fsp3) is 0.133. The van der Waals surface area contributed by atoms with Gasteiger partial charge in [-0.05, 0) is 37.3 Å². The van der Waals surface area contributed by atoms with E-state index >= 15 is 0 Å². The van der Waals surface area contributed by atoms with Gasteiger partial charge in [-0.3, -0.25) is 4.79 Å². The number of carbonyl (C=O) groups excluding carboxylic acids is 1. The maximum absolute atomic E-state index is 13.5. The number of benzene rings is 2. The van der Waals surface area contributed by atoms with E-state index in [1.165, 1.54) is 24.3 Å². The average molecular weight is 328 g/mol. The van der Waals surface area contributed by atoms with Crippen LogP contribution in [0.4, 0.5) is 14.5 Å². The third-order valence-electron chi connectivity index (χ3n) is 2.70. The second kappa shape index (κ2) is 6.91. The molecule has 0 aliphatic rings. The molecule has 1 atom stereocenters. The molecular formula is C15H12ClF2NOS. The van der Waals surface area contributed by atoms with Crippen LogP contribution in [0.3, 0.4) is 0 Å². The lowest BCUT2D eigenvalue weighted by molar-refractivity contribution is -0.115. The smallest absolute Gasteiger partial charge is 0.237 e. The van der Waals surface area contributed by atoms with Crippen molar-refractivity contribution in [1.29, 1.82) is 0 Å². The summed E-state index contributed by atoms with van der Waals surface area (Å²) in [5.41, 5.74) is 0.396. The summed E-state index contributed by atoms with van der Waals surface area (Å²) in [6, 6.07) is 10.2. The van der Waals surface area contributed by atoms with Crippen molar-refractivity contribution in [3.63, 3.8) is 0 Å². The molecule has 110 valence electrons. The van der Waals surface area contributed by atoms with Crippen molar-refractivity contribution in [3.05, 3.63) is 59.1 Å². The molecule has 0 radical (unpaired) electrons. The lowest BCUT2D eigenvalue weighted by Crippen LogP contribution is -2.22. The van der Waals surface area contributed by atoms with Crippen LogP contribution in [-0.4, -0.2) is 11.2 Å². The Hall–Kier alpha value is -1.59. The van der Waals surface area contributed by atoms with Gasteiger partial charge in [0.1, 0.15) is 11.6 Å². The lowest BCUT2D eigenvalue weighted by atomic mass is 10.3. The van der Waals surface area contributed by atoms with Crippen molar-refractivity contribution in [2.45, 2.75) is 17.1 Å². The standard InChI is InChI=1S/C15H12ClF2NOS/c1-9(21-14-5-3-2-4-13(14)18)15(20)19-10-6-7-12(17)11(16)8-10/h2-9H,1H3,(H,19,20). The quantitative estimate of drug-likeness (QED) is 0.822. The van der Waals surface area contributed by atoms with E-state index in [-0.39, 0.29) is 16.7 Å². The van der Waals surface area contributed by atoms with Crippen molar-refractivity contribution < 1.29 is 13.6 Å². The number of carbonyl (C=O) groups is 1. The van der Waals surface area contributed by atoms with Crippen LogP contribution >= 0.6 is 23.4 Å². The van der Waals surface area contributed by atoms with E-state index in [2.05, 4.69) is 5.32 Å². The first-order valence-electron chi connectivity index (χ1n) is 6.14. The maximum Gasteiger partial charge on any atom is 0.237 e. The minimum atomic E-state index is -0.552. The molecule has 2 aromatic rings. The monoisotopic (exact) mass is 327 g/mol. The van der Waals surface area contributed by atoms with Crippen LogP contribution < -0.4 is 5.32 Å². The summed E-state index contributed by atoms with van der Waals surface area (Å²) in [7, 11) is 0. The second-order valence-electron chi connectivity index (χ2n) is 4.31. The topological polar surface area (TPSA) is 29.1 Å². The Bertz CT molecular complexity index is 666. The minimum absolute atomic E-state index is 0.0674. The van der Waals surface area contributed by atoms with Crippen molar-refractivity contribution in [2.75, 3.05) is 5.32 Å². The molecule has 0 aliphatic carbocycles. The number of nitrogens with one attached hydrogen (secondary N) is 1. The molecule has 2 aromatic carbocycles. The first kappa shape index (κ1) is 15.8. The van der Waals surface area contributed by atoms with Crippen molar-refractivity contribution in [2.24, 2.45) is 0 Å². The van der Waals surface area contributed by atoms with Gasteiger partial charge in [-0.2, -0.15) is 0 Å². The number of amides is 1. The highest BCUT2D eigenvalue weighted by Gasteiger charge is 2.16. The summed E-state index contributed by atoms with van der Waals surface area (Å²) in [6.07, 6.45) is 0. The van der Waals surface area contributed by atoms with Crippen molar-refractivity contribution >= 4 is 35.0 Å². The first-order valence-corrected chi connectivity index (χ1v) is 7.40. The molecule has 0 saturated carbocycles. The number of hydrogen-bond acceptors (Lipinski definition) is 2. The lowest BCUT2D eigenvalue weighted by Gasteiger charge is -2.12. The average Bonchev–Trinajstić information content (AvgIpc) is 2.45. The molecule has 0 spiro atoms. The normalized spacial score (nSPS) is 12.0. The highest BCUT2D eigenvalue weighted by atomic mass is 35.5. The van der Waals surface area contributed by atoms with Gasteiger partial charge in [-0.15, -0.1) is 11.8 Å². The van der Waals surface area contributed by atoms with Crippen LogP contribution in [-0.2, 0) is 4.79 Å². The van der Waals surface area contributed by atoms with E-state index in [0.29, 0.717) is 10.6 Å². The molecule has 21 heavy (non-hydrogen) atoms. The molecular weight excluding hydrogens is 316 g/mol. The van der Waals surface area contributed by atoms with Gasteiger partial charge in [0.15, 0.2) is 0 Å². The fourth-order valence-electron chi connectivity index (χ4n) is 1.60. The zero-order valence-corrected chi connectivity index (χ0v) is 12.6. The van der Waals surface area contributed by atoms with E-state index in [9.17, 15) is 13.6 Å². The van der Waals surface area contributed by atoms with E-state index in [0.717, 1.165) is 11.8 Å². The molecule has 0 aromatic heterocycles. The Labute approximate surface area is 130 Å². The summed E-state index contributed by atoms with van der Waals surface area (Å²) >= 11 is 6.76. The van der Waals surface area contributed by atoms with Gasteiger partial charge >= 0.3 is 0 Å². The van der Waals surface area contributed by atoms with E-state index in [1.54, 1.807) is 25.1 Å². The summed E-state index contributed by atoms with van der Waals surface area (Å²) in [5, 5.41) is 2.04. The van der Waals surface area contributed by atoms with Crippen LogP contribution in [0.1, 0.15) is 6.92 Å². The second-order valence-corrected chi connectivity index (χ2v) is 6.10. The summed E-state index contributed by atoms with van der Waals surface area (Å²) < 4.78 is 26.6. The van der Waals surface area contributed by atoms with E-state index in [4.69, 9.17) is 11.6 Å². The van der Waals surface area contributed by atoms with Crippen LogP contribution in [0.15, 0.2) is 47.4 Å². The van der Waals surface area contributed by atoms with Gasteiger partial charge in [-0.25, -0.2) is 8.78 Å². The van der Waals surface area contributed by atoms with Gasteiger partial charge in [0.2, 0.25) is 5.91 Å². The molecule has 1 unspecified atom stereocenters. The maximum atomic E-state index is 13.5. The Kier molecular flexibility index (Phi) is 5.20. The van der Waals surface area contributed by atoms with Crippen LogP contribution in [0.5, 0.6) is 0 Å². The summed E-state index contributed by atoms with van der Waals surface area (Å²) in [5.74, 6) is -1.23. The molecule has 2 rings (SSSR count). The first-order chi connectivity index (χ1) is 9.97. The van der Waals surface area contributed by atoms with Crippen LogP contribution in [0, 0.1) is 11.6 Å². The third kappa shape index (κ3) is 4.19. The molecule has 1 amide bonds. The van der Waals surface area contributed by atoms with Gasteiger partial charge in [0.25, 0.3) is 0 Å². The molecule has 0 fully saturated rings. The largest absolute Gasteiger partial charge is 0.325 e. The fourth-order valence-corrected chi connectivity index (χ4v) is 2.67. The number of halogens is 3. The van der Waals surface area contributed by atoms with Gasteiger partial charge in [-0.1, -0.05) is 23.7 Å². The molecule has 1 N–H and O–H groups in total. The zero-order chi connectivity index (χ0) is 15.4. The Morgan fingerprint density at radius 1 is 1.19 bits per heavy atom. The minimum Gasteiger partial charge on any atom is -0.325 e. The Balaban J connectivity index is 2.02. The third-order valence-corrected chi connectivity index (χ3v) is 4.14. The number of hydrogen-bond donors (Lipinski definition) is 1. The molecule has 0 saturated heterocycles. The van der Waals surface area contributed by atoms with Crippen LogP contribution in [0.2, 0.25) is 5.02 Å². The summed E-state index contributed by atoms with van der Waals surface area (Å²) in [6.45, 7) is 1.66. The molecule has 0 aliphatic heterocycles. The Morgan fingerprint density at radius 3 is 2.57 bits per heavy atom. The Morgan fingerprint density at radius 2 is 1.90 bits per heavy atom. The van der Waals surface area contributed by atoms with Crippen LogP contribution in [0.25, 0.3) is 0 Å². The van der Waals surface area contributed by atoms with E-state index in [1.807, 2.05) is 0 Å². The number of thioether (sulfide) groups is 1. The van der Waals surface area contributed by atoms with Gasteiger partial charge in [0.05, 0.1) is 10.3 Å². The predicted molar refractivity (Wildman–Crippen MR) is 81.8 cm³/mol. The highest BCUT2D eigenvalue weighted by molar-refractivity contribution is 8.00.